The second kappa shape index (κ2) is 5.63. The molecule has 8 nitrogen and oxygen atoms in total. The molecule has 0 amide bonds. The number of nitrogens with zero attached hydrogens (tertiary/aromatic N) is 4. The number of anilines is 1. The zero-order chi connectivity index (χ0) is 18.6. The highest BCUT2D eigenvalue weighted by Crippen LogP contribution is 2.37. The molecule has 0 aliphatic carbocycles. The third-order valence-corrected chi connectivity index (χ3v) is 4.72. The molecule has 0 saturated carbocycles. The summed E-state index contributed by atoms with van der Waals surface area (Å²) in [4.78, 5) is 33.4. The molecule has 136 valence electrons. The summed E-state index contributed by atoms with van der Waals surface area (Å²) in [5.41, 5.74) is -0.359. The third kappa shape index (κ3) is 2.57. The average Bonchev–Trinajstić information content (AvgIpc) is 3.07. The first kappa shape index (κ1) is 16.7. The largest absolute Gasteiger partial charge is 0.362 e. The molecule has 26 heavy (non-hydrogen) atoms. The smallest absolute Gasteiger partial charge is 0.325 e. The first-order chi connectivity index (χ1) is 12.3. The van der Waals surface area contributed by atoms with Gasteiger partial charge < -0.3 is 9.88 Å². The number of alkyl halides is 2. The van der Waals surface area contributed by atoms with Crippen LogP contribution in [0.15, 0.2) is 28.0 Å². The number of H-pyrrole nitrogens is 2. The summed E-state index contributed by atoms with van der Waals surface area (Å²) < 4.78 is 29.3. The van der Waals surface area contributed by atoms with Gasteiger partial charge in [0.25, 0.3) is 11.5 Å². The molecule has 3 aromatic rings. The maximum atomic E-state index is 14.0. The van der Waals surface area contributed by atoms with Crippen LogP contribution in [0.2, 0.25) is 5.15 Å². The highest BCUT2D eigenvalue weighted by molar-refractivity contribution is 6.29. The van der Waals surface area contributed by atoms with Gasteiger partial charge in [0.15, 0.2) is 10.8 Å². The minimum atomic E-state index is -2.84. The van der Waals surface area contributed by atoms with Gasteiger partial charge in [-0.1, -0.05) is 18.5 Å². The Bertz CT molecular complexity index is 1120. The lowest BCUT2D eigenvalue weighted by Gasteiger charge is -2.19. The van der Waals surface area contributed by atoms with Gasteiger partial charge in [-0.25, -0.2) is 18.6 Å². The van der Waals surface area contributed by atoms with Crippen molar-refractivity contribution >= 4 is 22.9 Å². The summed E-state index contributed by atoms with van der Waals surface area (Å²) in [6.07, 6.45) is 2.57. The Hall–Kier alpha value is -2.75. The van der Waals surface area contributed by atoms with Crippen LogP contribution in [0.5, 0.6) is 0 Å². The Morgan fingerprint density at radius 2 is 2.15 bits per heavy atom. The van der Waals surface area contributed by atoms with Crippen LogP contribution in [0, 0.1) is 5.92 Å². The third-order valence-electron chi connectivity index (χ3n) is 4.46. The van der Waals surface area contributed by atoms with E-state index in [1.165, 1.54) is 34.8 Å². The predicted molar refractivity (Wildman–Crippen MR) is 91.0 cm³/mol. The van der Waals surface area contributed by atoms with E-state index in [0.717, 1.165) is 0 Å². The Kier molecular flexibility index (Phi) is 3.62. The maximum Gasteiger partial charge on any atom is 0.325 e. The van der Waals surface area contributed by atoms with Crippen LogP contribution in [0.25, 0.3) is 16.9 Å². The first-order valence-electron chi connectivity index (χ1n) is 7.76. The van der Waals surface area contributed by atoms with Gasteiger partial charge in [0, 0.05) is 18.7 Å². The molecule has 0 aromatic carbocycles. The van der Waals surface area contributed by atoms with E-state index in [1.807, 2.05) is 0 Å². The van der Waals surface area contributed by atoms with Crippen molar-refractivity contribution in [3.63, 3.8) is 0 Å². The van der Waals surface area contributed by atoms with Crippen molar-refractivity contribution in [1.82, 2.24) is 24.6 Å². The number of hydrogen-bond acceptors (Lipinski definition) is 5. The van der Waals surface area contributed by atoms with E-state index in [1.54, 1.807) is 0 Å². The van der Waals surface area contributed by atoms with Crippen molar-refractivity contribution < 1.29 is 8.78 Å². The predicted octanol–water partition coefficient (Wildman–Crippen LogP) is 1.52. The van der Waals surface area contributed by atoms with E-state index in [0.29, 0.717) is 11.3 Å². The molecule has 1 fully saturated rings. The van der Waals surface area contributed by atoms with Crippen molar-refractivity contribution in [2.45, 2.75) is 12.8 Å². The zero-order valence-electron chi connectivity index (χ0n) is 13.5. The first-order valence-corrected chi connectivity index (χ1v) is 8.13. The van der Waals surface area contributed by atoms with E-state index in [9.17, 15) is 18.4 Å². The van der Waals surface area contributed by atoms with Crippen molar-refractivity contribution in [1.29, 1.82) is 0 Å². The van der Waals surface area contributed by atoms with Crippen molar-refractivity contribution in [3.8, 4) is 11.3 Å². The number of fused-ring (bicyclic) bond motifs is 1. The molecular weight excluding hydrogens is 370 g/mol. The fourth-order valence-electron chi connectivity index (χ4n) is 3.01. The summed E-state index contributed by atoms with van der Waals surface area (Å²) in [7, 11) is 0. The second-order valence-electron chi connectivity index (χ2n) is 6.26. The topological polar surface area (TPSA) is 99.2 Å². The van der Waals surface area contributed by atoms with Crippen LogP contribution in [0.3, 0.4) is 0 Å². The quantitative estimate of drug-likeness (QED) is 0.700. The van der Waals surface area contributed by atoms with Crippen molar-refractivity contribution in [2.24, 2.45) is 5.92 Å². The van der Waals surface area contributed by atoms with E-state index < -0.39 is 29.6 Å². The monoisotopic (exact) mass is 382 g/mol. The van der Waals surface area contributed by atoms with Gasteiger partial charge in [-0.2, -0.15) is 9.61 Å². The molecule has 4 rings (SSSR count). The summed E-state index contributed by atoms with van der Waals surface area (Å²) in [5.74, 6) is -3.67. The number of rotatable bonds is 2. The molecule has 0 radical (unpaired) electrons. The summed E-state index contributed by atoms with van der Waals surface area (Å²) in [6, 6.07) is 1.50. The lowest BCUT2D eigenvalue weighted by molar-refractivity contribution is -0.0137. The molecule has 3 aromatic heterocycles. The number of hydrogen-bond donors (Lipinski definition) is 2. The van der Waals surface area contributed by atoms with Crippen LogP contribution in [-0.4, -0.2) is 43.6 Å². The van der Waals surface area contributed by atoms with E-state index >= 15 is 0 Å². The normalized spacial score (nSPS) is 19.4. The van der Waals surface area contributed by atoms with Gasteiger partial charge in [-0.05, 0) is 6.07 Å². The summed E-state index contributed by atoms with van der Waals surface area (Å²) >= 11 is 6.09. The van der Waals surface area contributed by atoms with Crippen LogP contribution in [0.1, 0.15) is 6.92 Å². The second-order valence-corrected chi connectivity index (χ2v) is 6.65. The Balaban J connectivity index is 1.93. The number of imidazole rings is 1. The van der Waals surface area contributed by atoms with Crippen LogP contribution in [0.4, 0.5) is 14.5 Å². The fourth-order valence-corrected chi connectivity index (χ4v) is 3.18. The lowest BCUT2D eigenvalue weighted by atomic mass is 10.1. The maximum absolute atomic E-state index is 14.0. The van der Waals surface area contributed by atoms with Crippen LogP contribution in [-0.2, 0) is 0 Å². The number of aromatic nitrogens is 5. The van der Waals surface area contributed by atoms with Gasteiger partial charge in [0.05, 0.1) is 24.0 Å². The Morgan fingerprint density at radius 3 is 2.81 bits per heavy atom. The molecular formula is C15H13ClF2N6O2. The van der Waals surface area contributed by atoms with E-state index in [2.05, 4.69) is 20.1 Å². The minimum Gasteiger partial charge on any atom is -0.362 e. The number of halogens is 3. The molecule has 1 aliphatic heterocycles. The molecule has 1 saturated heterocycles. The summed E-state index contributed by atoms with van der Waals surface area (Å²) in [5, 5.41) is 4.42. The number of nitrogens with one attached hydrogen (secondary N) is 2. The average molecular weight is 383 g/mol. The minimum absolute atomic E-state index is 0.0801. The fraction of sp³-hybridized carbons (Fsp3) is 0.333. The molecule has 1 aliphatic rings. The molecule has 2 N–H and O–H groups in total. The number of aromatic amines is 2. The Morgan fingerprint density at radius 1 is 1.38 bits per heavy atom. The molecule has 0 unspecified atom stereocenters. The zero-order valence-corrected chi connectivity index (χ0v) is 14.2. The standard InChI is InChI=1S/C15H13ClF2N6O2/c1-7-5-23(6-15(7,17)18)10-2-9(8-3-20-14(26)21-13(8)25)22-24-11(16)4-19-12(10)24/h2-4,7H,5-6H2,1H3,(H2,20,21,25,26)/t7-/m1/s1. The molecule has 11 heteroatoms. The lowest BCUT2D eigenvalue weighted by Crippen LogP contribution is -2.27. The van der Waals surface area contributed by atoms with Crippen LogP contribution >= 0.6 is 11.6 Å². The van der Waals surface area contributed by atoms with Gasteiger partial charge in [-0.3, -0.25) is 9.78 Å². The van der Waals surface area contributed by atoms with Crippen molar-refractivity contribution in [2.75, 3.05) is 18.0 Å². The molecule has 0 spiro atoms. The van der Waals surface area contributed by atoms with Gasteiger partial charge in [0.2, 0.25) is 0 Å². The van der Waals surface area contributed by atoms with Crippen molar-refractivity contribution in [3.05, 3.63) is 44.5 Å². The van der Waals surface area contributed by atoms with Gasteiger partial charge in [0.1, 0.15) is 5.69 Å². The molecule has 0 bridgehead atoms. The van der Waals surface area contributed by atoms with E-state index in [-0.39, 0.29) is 23.0 Å². The molecule has 4 heterocycles. The Labute approximate surface area is 149 Å². The molecule has 1 atom stereocenters. The van der Waals surface area contributed by atoms with E-state index in [4.69, 9.17) is 11.6 Å². The highest BCUT2D eigenvalue weighted by Gasteiger charge is 2.46. The summed E-state index contributed by atoms with van der Waals surface area (Å²) in [6.45, 7) is 1.13. The highest BCUT2D eigenvalue weighted by atomic mass is 35.5. The van der Waals surface area contributed by atoms with Gasteiger partial charge >= 0.3 is 5.69 Å². The SMILES string of the molecule is C[C@@H]1CN(c2cc(-c3c[nH]c(=O)[nH]c3=O)nn3c(Cl)cnc23)CC1(F)F. The van der Waals surface area contributed by atoms with Crippen LogP contribution < -0.4 is 16.1 Å². The van der Waals surface area contributed by atoms with Gasteiger partial charge in [-0.15, -0.1) is 0 Å².